The summed E-state index contributed by atoms with van der Waals surface area (Å²) >= 11 is 0. The molecule has 1 amide bonds. The Balaban J connectivity index is 2.81. The SMILES string of the molecule is C#CC(CC)NC(=O)c1ccccc1NCCC. The van der Waals surface area contributed by atoms with E-state index in [1.165, 1.54) is 0 Å². The molecular formula is C15H20N2O. The normalized spacial score (nSPS) is 11.4. The van der Waals surface area contributed by atoms with Gasteiger partial charge in [-0.25, -0.2) is 0 Å². The summed E-state index contributed by atoms with van der Waals surface area (Å²) in [6.45, 7) is 4.88. The first-order valence-electron chi connectivity index (χ1n) is 6.32. The average Bonchev–Trinajstić information content (AvgIpc) is 2.42. The van der Waals surface area contributed by atoms with Gasteiger partial charge in [-0.05, 0) is 25.0 Å². The predicted molar refractivity (Wildman–Crippen MR) is 75.6 cm³/mol. The maximum absolute atomic E-state index is 12.1. The van der Waals surface area contributed by atoms with Crippen molar-refractivity contribution in [2.75, 3.05) is 11.9 Å². The summed E-state index contributed by atoms with van der Waals surface area (Å²) in [6.07, 6.45) is 7.09. The molecule has 0 bridgehead atoms. The molecule has 0 aromatic heterocycles. The van der Waals surface area contributed by atoms with Crippen LogP contribution in [-0.4, -0.2) is 18.5 Å². The predicted octanol–water partition coefficient (Wildman–Crippen LogP) is 2.65. The van der Waals surface area contributed by atoms with Crippen LogP contribution in [0.1, 0.15) is 37.0 Å². The van der Waals surface area contributed by atoms with Crippen LogP contribution in [0.4, 0.5) is 5.69 Å². The van der Waals surface area contributed by atoms with Gasteiger partial charge in [-0.15, -0.1) is 6.42 Å². The van der Waals surface area contributed by atoms with Crippen molar-refractivity contribution in [1.82, 2.24) is 5.32 Å². The number of benzene rings is 1. The monoisotopic (exact) mass is 244 g/mol. The Morgan fingerprint density at radius 2 is 2.11 bits per heavy atom. The minimum atomic E-state index is -0.211. The fraction of sp³-hybridized carbons (Fsp3) is 0.400. The van der Waals surface area contributed by atoms with Crippen molar-refractivity contribution in [3.63, 3.8) is 0 Å². The number of amides is 1. The Bertz CT molecular complexity index is 434. The molecule has 0 heterocycles. The molecule has 0 aliphatic carbocycles. The van der Waals surface area contributed by atoms with E-state index < -0.39 is 0 Å². The van der Waals surface area contributed by atoms with Gasteiger partial charge in [0.2, 0.25) is 0 Å². The van der Waals surface area contributed by atoms with Gasteiger partial charge >= 0.3 is 0 Å². The van der Waals surface area contributed by atoms with Gasteiger partial charge in [0.25, 0.3) is 5.91 Å². The number of anilines is 1. The fourth-order valence-corrected chi connectivity index (χ4v) is 1.59. The third-order valence-corrected chi connectivity index (χ3v) is 2.65. The van der Waals surface area contributed by atoms with Crippen LogP contribution in [0.3, 0.4) is 0 Å². The first-order chi connectivity index (χ1) is 8.72. The van der Waals surface area contributed by atoms with E-state index in [-0.39, 0.29) is 11.9 Å². The standard InChI is InChI=1S/C15H20N2O/c1-4-11-16-14-10-8-7-9-13(14)15(18)17-12(5-2)6-3/h2,7-10,12,16H,4,6,11H2,1,3H3,(H,17,18). The van der Waals surface area contributed by atoms with Crippen LogP contribution >= 0.6 is 0 Å². The molecular weight excluding hydrogens is 224 g/mol. The zero-order valence-electron chi connectivity index (χ0n) is 11.0. The average molecular weight is 244 g/mol. The summed E-state index contributed by atoms with van der Waals surface area (Å²) in [5.74, 6) is 2.44. The number of carbonyl (C=O) groups excluding carboxylic acids is 1. The van der Waals surface area contributed by atoms with Gasteiger partial charge in [0, 0.05) is 12.2 Å². The van der Waals surface area contributed by atoms with E-state index >= 15 is 0 Å². The topological polar surface area (TPSA) is 41.1 Å². The molecule has 0 aliphatic rings. The highest BCUT2D eigenvalue weighted by Gasteiger charge is 2.13. The third-order valence-electron chi connectivity index (χ3n) is 2.65. The summed E-state index contributed by atoms with van der Waals surface area (Å²) in [7, 11) is 0. The van der Waals surface area contributed by atoms with E-state index in [2.05, 4.69) is 23.5 Å². The Morgan fingerprint density at radius 1 is 1.39 bits per heavy atom. The van der Waals surface area contributed by atoms with Crippen LogP contribution in [-0.2, 0) is 0 Å². The minimum Gasteiger partial charge on any atom is -0.384 e. The molecule has 3 heteroatoms. The van der Waals surface area contributed by atoms with Gasteiger partial charge in [0.15, 0.2) is 0 Å². The number of carbonyl (C=O) groups is 1. The van der Waals surface area contributed by atoms with Gasteiger partial charge in [-0.2, -0.15) is 0 Å². The molecule has 0 fully saturated rings. The second-order valence-electron chi connectivity index (χ2n) is 4.07. The van der Waals surface area contributed by atoms with Crippen LogP contribution < -0.4 is 10.6 Å². The molecule has 0 aliphatic heterocycles. The highest BCUT2D eigenvalue weighted by molar-refractivity contribution is 5.99. The highest BCUT2D eigenvalue weighted by Crippen LogP contribution is 2.15. The number of nitrogens with one attached hydrogen (secondary N) is 2. The van der Waals surface area contributed by atoms with E-state index in [4.69, 9.17) is 6.42 Å². The Kier molecular flexibility index (Phi) is 5.79. The van der Waals surface area contributed by atoms with Crippen molar-refractivity contribution < 1.29 is 4.79 Å². The van der Waals surface area contributed by atoms with Crippen molar-refractivity contribution in [3.8, 4) is 12.3 Å². The van der Waals surface area contributed by atoms with Gasteiger partial charge in [0.1, 0.15) is 0 Å². The van der Waals surface area contributed by atoms with Crippen LogP contribution in [0.2, 0.25) is 0 Å². The number of para-hydroxylation sites is 1. The lowest BCUT2D eigenvalue weighted by Crippen LogP contribution is -2.33. The first-order valence-corrected chi connectivity index (χ1v) is 6.32. The first kappa shape index (κ1) is 14.1. The Labute approximate surface area is 109 Å². The molecule has 1 rings (SSSR count). The molecule has 0 saturated carbocycles. The molecule has 0 radical (unpaired) electrons. The maximum Gasteiger partial charge on any atom is 0.254 e. The zero-order valence-corrected chi connectivity index (χ0v) is 11.0. The fourth-order valence-electron chi connectivity index (χ4n) is 1.59. The van der Waals surface area contributed by atoms with Crippen molar-refractivity contribution in [2.24, 2.45) is 0 Å². The molecule has 18 heavy (non-hydrogen) atoms. The summed E-state index contributed by atoms with van der Waals surface area (Å²) in [6, 6.07) is 7.25. The van der Waals surface area contributed by atoms with Crippen LogP contribution in [0.5, 0.6) is 0 Å². The second-order valence-corrected chi connectivity index (χ2v) is 4.07. The molecule has 0 saturated heterocycles. The van der Waals surface area contributed by atoms with Crippen LogP contribution in [0.25, 0.3) is 0 Å². The Morgan fingerprint density at radius 3 is 2.72 bits per heavy atom. The number of hydrogen-bond donors (Lipinski definition) is 2. The largest absolute Gasteiger partial charge is 0.384 e. The molecule has 1 aromatic rings. The van der Waals surface area contributed by atoms with E-state index in [0.29, 0.717) is 5.56 Å². The van der Waals surface area contributed by atoms with E-state index in [1.54, 1.807) is 6.07 Å². The van der Waals surface area contributed by atoms with E-state index in [0.717, 1.165) is 25.1 Å². The molecule has 0 spiro atoms. The molecule has 96 valence electrons. The van der Waals surface area contributed by atoms with Crippen molar-refractivity contribution in [3.05, 3.63) is 29.8 Å². The lowest BCUT2D eigenvalue weighted by atomic mass is 10.1. The highest BCUT2D eigenvalue weighted by atomic mass is 16.1. The zero-order chi connectivity index (χ0) is 13.4. The van der Waals surface area contributed by atoms with Gasteiger partial charge in [0.05, 0.1) is 11.6 Å². The minimum absolute atomic E-state index is 0.126. The lowest BCUT2D eigenvalue weighted by Gasteiger charge is -2.14. The smallest absolute Gasteiger partial charge is 0.254 e. The van der Waals surface area contributed by atoms with Crippen LogP contribution in [0.15, 0.2) is 24.3 Å². The summed E-state index contributed by atoms with van der Waals surface area (Å²) < 4.78 is 0. The quantitative estimate of drug-likeness (QED) is 0.755. The van der Waals surface area contributed by atoms with Gasteiger partial charge < -0.3 is 10.6 Å². The lowest BCUT2D eigenvalue weighted by molar-refractivity contribution is 0.0946. The number of terminal acetylenes is 1. The van der Waals surface area contributed by atoms with Crippen molar-refractivity contribution >= 4 is 11.6 Å². The maximum atomic E-state index is 12.1. The Hall–Kier alpha value is -1.95. The molecule has 3 nitrogen and oxygen atoms in total. The molecule has 1 unspecified atom stereocenters. The van der Waals surface area contributed by atoms with Gasteiger partial charge in [-0.3, -0.25) is 4.79 Å². The second kappa shape index (κ2) is 7.39. The van der Waals surface area contributed by atoms with Gasteiger partial charge in [-0.1, -0.05) is 31.9 Å². The van der Waals surface area contributed by atoms with E-state index in [9.17, 15) is 4.79 Å². The number of hydrogen-bond acceptors (Lipinski definition) is 2. The van der Waals surface area contributed by atoms with Crippen LogP contribution in [0, 0.1) is 12.3 Å². The van der Waals surface area contributed by atoms with E-state index in [1.807, 2.05) is 25.1 Å². The van der Waals surface area contributed by atoms with Crippen molar-refractivity contribution in [1.29, 1.82) is 0 Å². The molecule has 2 N–H and O–H groups in total. The summed E-state index contributed by atoms with van der Waals surface area (Å²) in [5.41, 5.74) is 1.49. The molecule has 1 atom stereocenters. The summed E-state index contributed by atoms with van der Waals surface area (Å²) in [5, 5.41) is 6.08. The van der Waals surface area contributed by atoms with Crippen molar-refractivity contribution in [2.45, 2.75) is 32.7 Å². The molecule has 1 aromatic carbocycles. The third kappa shape index (κ3) is 3.81. The number of rotatable bonds is 6. The summed E-state index contributed by atoms with van der Waals surface area (Å²) in [4.78, 5) is 12.1.